The summed E-state index contributed by atoms with van der Waals surface area (Å²) < 4.78 is 2.33. The van der Waals surface area contributed by atoms with Gasteiger partial charge >= 0.3 is 0 Å². The Labute approximate surface area is 117 Å². The third-order valence-electron chi connectivity index (χ3n) is 2.95. The fourth-order valence-electron chi connectivity index (χ4n) is 2.04. The summed E-state index contributed by atoms with van der Waals surface area (Å²) in [5.41, 5.74) is 7.33. The first-order chi connectivity index (χ1) is 9.22. The van der Waals surface area contributed by atoms with Crippen molar-refractivity contribution in [3.05, 3.63) is 46.2 Å². The summed E-state index contributed by atoms with van der Waals surface area (Å²) in [6.07, 6.45) is 1.40. The van der Waals surface area contributed by atoms with Crippen LogP contribution in [0.25, 0.3) is 5.82 Å². The van der Waals surface area contributed by atoms with E-state index in [9.17, 15) is 5.26 Å². The molecule has 19 heavy (non-hydrogen) atoms. The minimum Gasteiger partial charge on any atom is -0.383 e. The summed E-state index contributed by atoms with van der Waals surface area (Å²) in [6, 6.07) is 9.48. The van der Waals surface area contributed by atoms with Crippen molar-refractivity contribution < 1.29 is 0 Å². The van der Waals surface area contributed by atoms with Crippen LogP contribution in [0.3, 0.4) is 0 Å². The quantitative estimate of drug-likeness (QED) is 0.837. The molecule has 94 valence electrons. The normalized spacial score (nSPS) is 17.6. The Morgan fingerprint density at radius 1 is 1.42 bits per heavy atom. The molecular weight excluding hydrogens is 308 g/mol. The molecule has 0 bridgehead atoms. The molecule has 1 aromatic carbocycles. The maximum atomic E-state index is 9.34. The first-order valence-corrected chi connectivity index (χ1v) is 6.32. The van der Waals surface area contributed by atoms with Gasteiger partial charge < -0.3 is 11.1 Å². The zero-order chi connectivity index (χ0) is 13.4. The number of nitriles is 1. The van der Waals surface area contributed by atoms with Crippen molar-refractivity contribution >= 4 is 27.7 Å². The van der Waals surface area contributed by atoms with Crippen molar-refractivity contribution in [1.29, 1.82) is 5.26 Å². The maximum absolute atomic E-state index is 9.34. The van der Waals surface area contributed by atoms with Gasteiger partial charge in [-0.3, -0.25) is 0 Å². The van der Waals surface area contributed by atoms with E-state index in [1.165, 1.54) is 11.0 Å². The molecule has 0 fully saturated rings. The highest BCUT2D eigenvalue weighted by molar-refractivity contribution is 9.10. The minimum atomic E-state index is -0.336. The fraction of sp³-hybridized carbons (Fsp3) is 0.0833. The molecule has 7 heteroatoms. The molecule has 2 aromatic rings. The average molecular weight is 317 g/mol. The van der Waals surface area contributed by atoms with E-state index in [2.05, 4.69) is 37.4 Å². The number of anilines is 1. The number of aromatic nitrogens is 3. The summed E-state index contributed by atoms with van der Waals surface area (Å²) in [6.45, 7) is 0. The predicted octanol–water partition coefficient (Wildman–Crippen LogP) is 1.86. The summed E-state index contributed by atoms with van der Waals surface area (Å²) in [5.74, 6) is 0.826. The van der Waals surface area contributed by atoms with Gasteiger partial charge in [-0.2, -0.15) is 20.0 Å². The molecule has 1 aliphatic rings. The standard InChI is InChI=1S/C12H9BrN6/c13-9-4-2-1-3-7(9)10-8(5-14)11(15)19-12(18-10)16-6-17-19/h1-4,6,10H,15H2,(H,16,17,18). The number of nitrogens with zero attached hydrogens (tertiary/aromatic N) is 4. The van der Waals surface area contributed by atoms with Gasteiger partial charge in [-0.25, -0.2) is 0 Å². The molecular formula is C12H9BrN6. The molecule has 0 saturated heterocycles. The summed E-state index contributed by atoms with van der Waals surface area (Å²) in [7, 11) is 0. The Morgan fingerprint density at radius 3 is 2.95 bits per heavy atom. The second-order valence-electron chi connectivity index (χ2n) is 4.01. The number of hydrogen-bond acceptors (Lipinski definition) is 5. The predicted molar refractivity (Wildman–Crippen MR) is 73.5 cm³/mol. The first-order valence-electron chi connectivity index (χ1n) is 5.53. The number of rotatable bonds is 1. The summed E-state index contributed by atoms with van der Waals surface area (Å²) >= 11 is 3.48. The van der Waals surface area contributed by atoms with Crippen molar-refractivity contribution in [1.82, 2.24) is 14.8 Å². The molecule has 3 N–H and O–H groups in total. The Bertz CT molecular complexity index is 711. The molecule has 1 aromatic heterocycles. The topological polar surface area (TPSA) is 92.5 Å². The highest BCUT2D eigenvalue weighted by Gasteiger charge is 2.29. The second-order valence-corrected chi connectivity index (χ2v) is 4.86. The Hall–Kier alpha value is -2.33. The summed E-state index contributed by atoms with van der Waals surface area (Å²) in [5, 5.41) is 16.5. The van der Waals surface area contributed by atoms with E-state index in [1.54, 1.807) is 0 Å². The van der Waals surface area contributed by atoms with Crippen molar-refractivity contribution in [2.24, 2.45) is 5.73 Å². The van der Waals surface area contributed by atoms with Gasteiger partial charge in [-0.1, -0.05) is 34.1 Å². The number of halogens is 1. The Morgan fingerprint density at radius 2 is 2.21 bits per heavy atom. The number of fused-ring (bicyclic) bond motifs is 1. The molecule has 0 saturated carbocycles. The molecule has 1 unspecified atom stereocenters. The van der Waals surface area contributed by atoms with Gasteiger partial charge in [0.15, 0.2) is 0 Å². The van der Waals surface area contributed by atoms with E-state index in [0.29, 0.717) is 17.3 Å². The van der Waals surface area contributed by atoms with Crippen LogP contribution in [0.15, 0.2) is 40.6 Å². The van der Waals surface area contributed by atoms with Crippen LogP contribution >= 0.6 is 15.9 Å². The Balaban J connectivity index is 2.17. The van der Waals surface area contributed by atoms with Crippen LogP contribution < -0.4 is 11.1 Å². The van der Waals surface area contributed by atoms with Gasteiger partial charge in [0, 0.05) is 4.47 Å². The highest BCUT2D eigenvalue weighted by Crippen LogP contribution is 2.35. The third-order valence-corrected chi connectivity index (χ3v) is 3.67. The average Bonchev–Trinajstić information content (AvgIpc) is 2.88. The number of nitrogens with two attached hydrogens (primary N) is 1. The van der Waals surface area contributed by atoms with Crippen LogP contribution in [-0.4, -0.2) is 14.8 Å². The molecule has 0 amide bonds. The smallest absolute Gasteiger partial charge is 0.228 e. The molecule has 0 spiro atoms. The van der Waals surface area contributed by atoms with Gasteiger partial charge in [-0.15, -0.1) is 0 Å². The zero-order valence-corrected chi connectivity index (χ0v) is 11.3. The lowest BCUT2D eigenvalue weighted by molar-refractivity contribution is 0.793. The number of nitrogens with one attached hydrogen (secondary N) is 1. The molecule has 0 aliphatic carbocycles. The van der Waals surface area contributed by atoms with Crippen LogP contribution in [0.2, 0.25) is 0 Å². The lowest BCUT2D eigenvalue weighted by atomic mass is 9.98. The van der Waals surface area contributed by atoms with Crippen molar-refractivity contribution in [3.8, 4) is 6.07 Å². The highest BCUT2D eigenvalue weighted by atomic mass is 79.9. The van der Waals surface area contributed by atoms with Crippen LogP contribution in [-0.2, 0) is 0 Å². The van der Waals surface area contributed by atoms with Crippen molar-refractivity contribution in [3.63, 3.8) is 0 Å². The molecule has 1 atom stereocenters. The zero-order valence-electron chi connectivity index (χ0n) is 9.71. The second kappa shape index (κ2) is 4.40. The molecule has 6 nitrogen and oxygen atoms in total. The number of hydrogen-bond donors (Lipinski definition) is 2. The van der Waals surface area contributed by atoms with E-state index in [4.69, 9.17) is 5.73 Å². The van der Waals surface area contributed by atoms with Gasteiger partial charge in [0.05, 0.1) is 11.6 Å². The molecule has 2 heterocycles. The van der Waals surface area contributed by atoms with E-state index < -0.39 is 0 Å². The van der Waals surface area contributed by atoms with E-state index in [1.807, 2.05) is 24.3 Å². The van der Waals surface area contributed by atoms with Gasteiger partial charge in [0.1, 0.15) is 18.2 Å². The van der Waals surface area contributed by atoms with E-state index >= 15 is 0 Å². The molecule has 1 aliphatic heterocycles. The molecule has 3 rings (SSSR count). The first kappa shape index (κ1) is 11.7. The monoisotopic (exact) mass is 316 g/mol. The van der Waals surface area contributed by atoms with Gasteiger partial charge in [0.2, 0.25) is 5.95 Å². The lowest BCUT2D eigenvalue weighted by Gasteiger charge is -2.25. The molecule has 0 radical (unpaired) electrons. The van der Waals surface area contributed by atoms with Crippen LogP contribution in [0.1, 0.15) is 11.6 Å². The van der Waals surface area contributed by atoms with Crippen LogP contribution in [0.5, 0.6) is 0 Å². The van der Waals surface area contributed by atoms with E-state index in [0.717, 1.165) is 10.0 Å². The van der Waals surface area contributed by atoms with Gasteiger partial charge in [0.25, 0.3) is 0 Å². The lowest BCUT2D eigenvalue weighted by Crippen LogP contribution is -2.27. The van der Waals surface area contributed by atoms with Crippen LogP contribution in [0.4, 0.5) is 5.95 Å². The third kappa shape index (κ3) is 1.77. The largest absolute Gasteiger partial charge is 0.383 e. The Kier molecular flexibility index (Phi) is 2.72. The van der Waals surface area contributed by atoms with Crippen molar-refractivity contribution in [2.45, 2.75) is 6.04 Å². The van der Waals surface area contributed by atoms with Crippen LogP contribution in [0, 0.1) is 11.3 Å². The SMILES string of the molecule is N#CC1=C(N)n2ncnc2NC1c1ccccc1Br. The fourth-order valence-corrected chi connectivity index (χ4v) is 2.56. The van der Waals surface area contributed by atoms with E-state index in [-0.39, 0.29) is 6.04 Å². The summed E-state index contributed by atoms with van der Waals surface area (Å²) in [4.78, 5) is 4.08. The van der Waals surface area contributed by atoms with Gasteiger partial charge in [-0.05, 0) is 11.6 Å². The number of benzene rings is 1. The minimum absolute atomic E-state index is 0.300. The van der Waals surface area contributed by atoms with Crippen molar-refractivity contribution in [2.75, 3.05) is 5.32 Å². The maximum Gasteiger partial charge on any atom is 0.228 e.